The third kappa shape index (κ3) is 3.93. The van der Waals surface area contributed by atoms with Crippen LogP contribution in [0, 0.1) is 5.82 Å². The molecule has 3 rings (SSSR count). The fourth-order valence-corrected chi connectivity index (χ4v) is 2.75. The molecule has 1 aliphatic heterocycles. The summed E-state index contributed by atoms with van der Waals surface area (Å²) in [4.78, 5) is 0. The van der Waals surface area contributed by atoms with Crippen molar-refractivity contribution in [2.45, 2.75) is 43.9 Å². The number of benzene rings is 1. The van der Waals surface area contributed by atoms with E-state index in [9.17, 15) is 4.39 Å². The molecule has 1 saturated heterocycles. The van der Waals surface area contributed by atoms with Crippen LogP contribution in [0.3, 0.4) is 0 Å². The van der Waals surface area contributed by atoms with Crippen molar-refractivity contribution >= 4 is 15.9 Å². The molecule has 2 unspecified atom stereocenters. The molecule has 5 heteroatoms. The van der Waals surface area contributed by atoms with Crippen molar-refractivity contribution in [3.8, 4) is 5.75 Å². The van der Waals surface area contributed by atoms with Gasteiger partial charge in [-0.25, -0.2) is 4.39 Å². The Balaban J connectivity index is 1.42. The first-order valence-electron chi connectivity index (χ1n) is 7.17. The van der Waals surface area contributed by atoms with E-state index in [1.54, 1.807) is 12.1 Å². The van der Waals surface area contributed by atoms with Crippen LogP contribution in [-0.2, 0) is 4.74 Å². The largest absolute Gasteiger partial charge is 0.488 e. The molecule has 0 amide bonds. The van der Waals surface area contributed by atoms with E-state index in [2.05, 4.69) is 21.2 Å². The van der Waals surface area contributed by atoms with Gasteiger partial charge < -0.3 is 14.8 Å². The lowest BCUT2D eigenvalue weighted by Crippen LogP contribution is -2.29. The molecule has 1 aromatic carbocycles. The molecule has 1 N–H and O–H groups in total. The van der Waals surface area contributed by atoms with Crippen LogP contribution in [0.5, 0.6) is 5.75 Å². The summed E-state index contributed by atoms with van der Waals surface area (Å²) in [6, 6.07) is 5.54. The molecule has 110 valence electrons. The maximum atomic E-state index is 13.6. The number of rotatable bonds is 6. The molecule has 2 fully saturated rings. The van der Waals surface area contributed by atoms with Crippen molar-refractivity contribution in [1.82, 2.24) is 5.32 Å². The van der Waals surface area contributed by atoms with E-state index in [4.69, 9.17) is 9.47 Å². The average Bonchev–Trinajstić information content (AvgIpc) is 3.14. The van der Waals surface area contributed by atoms with Gasteiger partial charge in [0.05, 0.1) is 12.2 Å². The van der Waals surface area contributed by atoms with Gasteiger partial charge in [0.25, 0.3) is 0 Å². The standard InChI is InChI=1S/C15H19BrFNO2/c16-10-1-6-15(14(17)7-10)19-9-13-5-4-12(20-13)8-18-11-2-3-11/h1,6-7,11-13,18H,2-5,8-9H2. The van der Waals surface area contributed by atoms with E-state index >= 15 is 0 Å². The Morgan fingerprint density at radius 2 is 2.05 bits per heavy atom. The minimum atomic E-state index is -0.343. The van der Waals surface area contributed by atoms with Crippen molar-refractivity contribution < 1.29 is 13.9 Å². The number of nitrogens with one attached hydrogen (secondary N) is 1. The second kappa shape index (κ2) is 6.41. The van der Waals surface area contributed by atoms with Crippen LogP contribution < -0.4 is 10.1 Å². The number of hydrogen-bond acceptors (Lipinski definition) is 3. The third-order valence-electron chi connectivity index (χ3n) is 3.73. The van der Waals surface area contributed by atoms with Gasteiger partial charge in [-0.2, -0.15) is 0 Å². The van der Waals surface area contributed by atoms with E-state index in [1.807, 2.05) is 0 Å². The van der Waals surface area contributed by atoms with Crippen LogP contribution in [0.25, 0.3) is 0 Å². The molecule has 1 heterocycles. The maximum Gasteiger partial charge on any atom is 0.166 e. The minimum Gasteiger partial charge on any atom is -0.488 e. The Kier molecular flexibility index (Phi) is 4.58. The lowest BCUT2D eigenvalue weighted by molar-refractivity contribution is 0.0177. The minimum absolute atomic E-state index is 0.0732. The van der Waals surface area contributed by atoms with Crippen LogP contribution in [0.1, 0.15) is 25.7 Å². The summed E-state index contributed by atoms with van der Waals surface area (Å²) < 4.78 is 25.8. The maximum absolute atomic E-state index is 13.6. The molecule has 2 aliphatic rings. The Labute approximate surface area is 127 Å². The molecular formula is C15H19BrFNO2. The van der Waals surface area contributed by atoms with E-state index in [0.29, 0.717) is 17.1 Å². The van der Waals surface area contributed by atoms with Gasteiger partial charge in [0.2, 0.25) is 0 Å². The second-order valence-electron chi connectivity index (χ2n) is 5.53. The highest BCUT2D eigenvalue weighted by Gasteiger charge is 2.28. The molecule has 2 atom stereocenters. The molecular weight excluding hydrogens is 325 g/mol. The van der Waals surface area contributed by atoms with Gasteiger partial charge in [-0.3, -0.25) is 0 Å². The Morgan fingerprint density at radius 1 is 1.25 bits per heavy atom. The zero-order chi connectivity index (χ0) is 13.9. The Bertz CT molecular complexity index is 467. The summed E-state index contributed by atoms with van der Waals surface area (Å²) in [7, 11) is 0. The summed E-state index contributed by atoms with van der Waals surface area (Å²) in [5.74, 6) is -0.0549. The quantitative estimate of drug-likeness (QED) is 0.859. The SMILES string of the molecule is Fc1cc(Br)ccc1OCC1CCC(CNC2CC2)O1. The van der Waals surface area contributed by atoms with E-state index < -0.39 is 0 Å². The van der Waals surface area contributed by atoms with Crippen LogP contribution in [-0.4, -0.2) is 31.4 Å². The highest BCUT2D eigenvalue weighted by molar-refractivity contribution is 9.10. The fourth-order valence-electron chi connectivity index (χ4n) is 2.41. The molecule has 0 spiro atoms. The van der Waals surface area contributed by atoms with Gasteiger partial charge in [0.15, 0.2) is 11.6 Å². The van der Waals surface area contributed by atoms with E-state index in [-0.39, 0.29) is 23.8 Å². The fraction of sp³-hybridized carbons (Fsp3) is 0.600. The monoisotopic (exact) mass is 343 g/mol. The third-order valence-corrected chi connectivity index (χ3v) is 4.22. The Hall–Kier alpha value is -0.650. The molecule has 0 radical (unpaired) electrons. The first kappa shape index (κ1) is 14.3. The average molecular weight is 344 g/mol. The normalized spacial score (nSPS) is 25.9. The first-order chi connectivity index (χ1) is 9.70. The molecule has 1 aliphatic carbocycles. The molecule has 20 heavy (non-hydrogen) atoms. The van der Waals surface area contributed by atoms with Gasteiger partial charge in [-0.1, -0.05) is 15.9 Å². The number of hydrogen-bond donors (Lipinski definition) is 1. The second-order valence-corrected chi connectivity index (χ2v) is 6.44. The Morgan fingerprint density at radius 3 is 2.80 bits per heavy atom. The summed E-state index contributed by atoms with van der Waals surface area (Å²) in [5, 5.41) is 3.48. The van der Waals surface area contributed by atoms with Crippen molar-refractivity contribution in [1.29, 1.82) is 0 Å². The molecule has 0 aromatic heterocycles. The number of halogens is 2. The van der Waals surface area contributed by atoms with Crippen molar-refractivity contribution in [3.05, 3.63) is 28.5 Å². The topological polar surface area (TPSA) is 30.5 Å². The molecule has 3 nitrogen and oxygen atoms in total. The summed E-state index contributed by atoms with van der Waals surface area (Å²) in [6.07, 6.45) is 4.97. The van der Waals surface area contributed by atoms with Gasteiger partial charge in [0, 0.05) is 17.1 Å². The van der Waals surface area contributed by atoms with Crippen molar-refractivity contribution in [3.63, 3.8) is 0 Å². The van der Waals surface area contributed by atoms with Crippen LogP contribution >= 0.6 is 15.9 Å². The smallest absolute Gasteiger partial charge is 0.166 e. The highest BCUT2D eigenvalue weighted by atomic mass is 79.9. The highest BCUT2D eigenvalue weighted by Crippen LogP contribution is 2.25. The van der Waals surface area contributed by atoms with Gasteiger partial charge in [-0.05, 0) is 43.9 Å². The van der Waals surface area contributed by atoms with Crippen molar-refractivity contribution in [2.75, 3.05) is 13.2 Å². The number of ether oxygens (including phenoxy) is 2. The molecule has 0 bridgehead atoms. The van der Waals surface area contributed by atoms with Crippen molar-refractivity contribution in [2.24, 2.45) is 0 Å². The zero-order valence-electron chi connectivity index (χ0n) is 11.3. The predicted molar refractivity (Wildman–Crippen MR) is 78.5 cm³/mol. The van der Waals surface area contributed by atoms with E-state index in [0.717, 1.165) is 19.4 Å². The summed E-state index contributed by atoms with van der Waals surface area (Å²) in [6.45, 7) is 1.34. The van der Waals surface area contributed by atoms with E-state index in [1.165, 1.54) is 18.9 Å². The van der Waals surface area contributed by atoms with Gasteiger partial charge >= 0.3 is 0 Å². The van der Waals surface area contributed by atoms with Gasteiger partial charge in [-0.15, -0.1) is 0 Å². The first-order valence-corrected chi connectivity index (χ1v) is 7.96. The molecule has 1 saturated carbocycles. The summed E-state index contributed by atoms with van der Waals surface area (Å²) in [5.41, 5.74) is 0. The summed E-state index contributed by atoms with van der Waals surface area (Å²) >= 11 is 3.23. The van der Waals surface area contributed by atoms with Crippen LogP contribution in [0.2, 0.25) is 0 Å². The predicted octanol–water partition coefficient (Wildman–Crippen LogP) is 3.27. The molecule has 1 aromatic rings. The van der Waals surface area contributed by atoms with Crippen LogP contribution in [0.15, 0.2) is 22.7 Å². The lowest BCUT2D eigenvalue weighted by Gasteiger charge is -2.15. The van der Waals surface area contributed by atoms with Gasteiger partial charge in [0.1, 0.15) is 6.61 Å². The zero-order valence-corrected chi connectivity index (χ0v) is 12.9. The van der Waals surface area contributed by atoms with Crippen LogP contribution in [0.4, 0.5) is 4.39 Å². The lowest BCUT2D eigenvalue weighted by atomic mass is 10.2.